The topological polar surface area (TPSA) is 73.9 Å². The Balaban J connectivity index is 1.72. The summed E-state index contributed by atoms with van der Waals surface area (Å²) in [6.07, 6.45) is -4.52. The van der Waals surface area contributed by atoms with Gasteiger partial charge in [-0.05, 0) is 24.3 Å². The largest absolute Gasteiger partial charge is 0.497 e. The number of benzene rings is 1. The van der Waals surface area contributed by atoms with Gasteiger partial charge >= 0.3 is 12.2 Å². The number of alkyl halides is 3. The minimum Gasteiger partial charge on any atom is -0.497 e. The maximum Gasteiger partial charge on any atom is 0.405 e. The number of carbonyl (C=O) groups excluding carboxylic acids is 2. The predicted octanol–water partition coefficient (Wildman–Crippen LogP) is 1.21. The highest BCUT2D eigenvalue weighted by atomic mass is 19.4. The average molecular weight is 374 g/mol. The Kier molecular flexibility index (Phi) is 6.67. The van der Waals surface area contributed by atoms with Crippen LogP contribution in [0, 0.1) is 0 Å². The lowest BCUT2D eigenvalue weighted by molar-refractivity contribution is -0.125. The number of carbonyl (C=O) groups is 2. The van der Waals surface area contributed by atoms with Gasteiger partial charge in [0.2, 0.25) is 5.91 Å². The Bertz CT molecular complexity index is 614. The summed E-state index contributed by atoms with van der Waals surface area (Å²) in [5.74, 6) is 0.135. The second-order valence-electron chi connectivity index (χ2n) is 5.81. The van der Waals surface area contributed by atoms with E-state index in [-0.39, 0.29) is 6.54 Å². The fourth-order valence-corrected chi connectivity index (χ4v) is 2.55. The quantitative estimate of drug-likeness (QED) is 0.811. The highest BCUT2D eigenvalue weighted by Gasteiger charge is 2.28. The van der Waals surface area contributed by atoms with Crippen LogP contribution >= 0.6 is 0 Å². The van der Waals surface area contributed by atoms with Gasteiger partial charge in [0.25, 0.3) is 0 Å². The zero-order valence-electron chi connectivity index (χ0n) is 14.3. The van der Waals surface area contributed by atoms with Gasteiger partial charge < -0.3 is 15.0 Å². The third kappa shape index (κ3) is 6.43. The van der Waals surface area contributed by atoms with E-state index in [0.717, 1.165) is 11.4 Å². The predicted molar refractivity (Wildman–Crippen MR) is 89.2 cm³/mol. The van der Waals surface area contributed by atoms with Gasteiger partial charge in [0.1, 0.15) is 12.3 Å². The number of nitrogens with one attached hydrogen (secondary N) is 2. The highest BCUT2D eigenvalue weighted by Crippen LogP contribution is 2.20. The Morgan fingerprint density at radius 3 is 2.27 bits per heavy atom. The maximum absolute atomic E-state index is 12.0. The molecule has 26 heavy (non-hydrogen) atoms. The van der Waals surface area contributed by atoms with E-state index < -0.39 is 24.7 Å². The van der Waals surface area contributed by atoms with E-state index in [1.54, 1.807) is 12.4 Å². The molecule has 0 atom stereocenters. The number of hydrogen-bond acceptors (Lipinski definition) is 5. The van der Waals surface area contributed by atoms with Crippen molar-refractivity contribution < 1.29 is 27.5 Å². The number of anilines is 1. The molecule has 0 aromatic heterocycles. The number of nitrogens with zero attached hydrogens (tertiary/aromatic N) is 2. The summed E-state index contributed by atoms with van der Waals surface area (Å²) >= 11 is 0. The van der Waals surface area contributed by atoms with E-state index in [1.165, 1.54) is 0 Å². The smallest absolute Gasteiger partial charge is 0.405 e. The van der Waals surface area contributed by atoms with E-state index in [4.69, 9.17) is 4.74 Å². The van der Waals surface area contributed by atoms with Gasteiger partial charge in [-0.25, -0.2) is 4.79 Å². The van der Waals surface area contributed by atoms with Crippen molar-refractivity contribution in [2.75, 3.05) is 51.3 Å². The summed E-state index contributed by atoms with van der Waals surface area (Å²) in [6, 6.07) is 6.49. The van der Waals surface area contributed by atoms with Crippen LogP contribution in [0.15, 0.2) is 24.3 Å². The summed E-state index contributed by atoms with van der Waals surface area (Å²) in [4.78, 5) is 27.0. The molecule has 0 saturated carbocycles. The molecule has 0 bridgehead atoms. The number of urea groups is 1. The third-order valence-corrected chi connectivity index (χ3v) is 3.88. The third-order valence-electron chi connectivity index (χ3n) is 3.88. The molecule has 1 aromatic rings. The van der Waals surface area contributed by atoms with Crippen LogP contribution in [-0.2, 0) is 4.79 Å². The van der Waals surface area contributed by atoms with Crippen molar-refractivity contribution in [2.24, 2.45) is 0 Å². The van der Waals surface area contributed by atoms with E-state index in [0.29, 0.717) is 26.2 Å². The molecular formula is C16H21F3N4O3. The first kappa shape index (κ1) is 19.8. The normalized spacial score (nSPS) is 15.5. The zero-order valence-corrected chi connectivity index (χ0v) is 14.3. The molecule has 1 aromatic carbocycles. The molecule has 3 amide bonds. The first-order valence-electron chi connectivity index (χ1n) is 8.02. The molecule has 0 aliphatic carbocycles. The molecule has 144 valence electrons. The van der Waals surface area contributed by atoms with Gasteiger partial charge in [0.05, 0.1) is 13.7 Å². The number of hydrogen-bond donors (Lipinski definition) is 2. The minimum absolute atomic E-state index is 0.0457. The molecule has 1 fully saturated rings. The molecule has 1 saturated heterocycles. The molecule has 2 N–H and O–H groups in total. The standard InChI is InChI=1S/C16H21F3N4O3/c1-26-13-4-2-12(3-5-13)23-8-6-22(7-9-23)10-14(24)21-15(25)20-11-16(17,18)19/h2-5H,6-11H2,1H3,(H2,20,21,24,25). The second-order valence-corrected chi connectivity index (χ2v) is 5.81. The molecule has 0 spiro atoms. The van der Waals surface area contributed by atoms with Crippen molar-refractivity contribution in [1.29, 1.82) is 0 Å². The van der Waals surface area contributed by atoms with Crippen LogP contribution in [-0.4, -0.2) is 69.4 Å². The summed E-state index contributed by atoms with van der Waals surface area (Å²) < 4.78 is 41.1. The fourth-order valence-electron chi connectivity index (χ4n) is 2.55. The maximum atomic E-state index is 12.0. The zero-order chi connectivity index (χ0) is 19.2. The van der Waals surface area contributed by atoms with Crippen molar-refractivity contribution in [3.63, 3.8) is 0 Å². The van der Waals surface area contributed by atoms with Gasteiger partial charge in [0.15, 0.2) is 0 Å². The number of halogens is 3. The molecular weight excluding hydrogens is 353 g/mol. The molecule has 1 aliphatic rings. The highest BCUT2D eigenvalue weighted by molar-refractivity contribution is 5.95. The van der Waals surface area contributed by atoms with Crippen molar-refractivity contribution >= 4 is 17.6 Å². The Labute approximate surface area is 149 Å². The lowest BCUT2D eigenvalue weighted by atomic mass is 10.2. The second kappa shape index (κ2) is 8.75. The van der Waals surface area contributed by atoms with Crippen molar-refractivity contribution in [2.45, 2.75) is 6.18 Å². The molecule has 0 unspecified atom stereocenters. The van der Waals surface area contributed by atoms with Crippen LogP contribution in [0.3, 0.4) is 0 Å². The number of piperazine rings is 1. The fraction of sp³-hybridized carbons (Fsp3) is 0.500. The minimum atomic E-state index is -4.52. The van der Waals surface area contributed by atoms with Crippen LogP contribution in [0.4, 0.5) is 23.7 Å². The van der Waals surface area contributed by atoms with Crippen molar-refractivity contribution in [3.05, 3.63) is 24.3 Å². The van der Waals surface area contributed by atoms with E-state index in [2.05, 4.69) is 4.90 Å². The molecule has 0 radical (unpaired) electrons. The summed E-state index contributed by atoms with van der Waals surface area (Å²) in [5, 5.41) is 3.49. The number of rotatable bonds is 5. The van der Waals surface area contributed by atoms with Crippen LogP contribution in [0.1, 0.15) is 0 Å². The van der Waals surface area contributed by atoms with E-state index in [9.17, 15) is 22.8 Å². The SMILES string of the molecule is COc1ccc(N2CCN(CC(=O)NC(=O)NCC(F)(F)F)CC2)cc1. The lowest BCUT2D eigenvalue weighted by Gasteiger charge is -2.35. The number of imide groups is 1. The number of amides is 3. The molecule has 2 rings (SSSR count). The van der Waals surface area contributed by atoms with E-state index in [1.807, 2.05) is 34.5 Å². The van der Waals surface area contributed by atoms with Crippen LogP contribution in [0.5, 0.6) is 5.75 Å². The molecule has 1 heterocycles. The average Bonchev–Trinajstić information content (AvgIpc) is 2.60. The van der Waals surface area contributed by atoms with Crippen molar-refractivity contribution in [1.82, 2.24) is 15.5 Å². The summed E-state index contributed by atoms with van der Waals surface area (Å²) in [6.45, 7) is 1.07. The Morgan fingerprint density at radius 1 is 1.12 bits per heavy atom. The van der Waals surface area contributed by atoms with Gasteiger partial charge in [-0.2, -0.15) is 13.2 Å². The van der Waals surface area contributed by atoms with Gasteiger partial charge in [0, 0.05) is 31.9 Å². The monoisotopic (exact) mass is 374 g/mol. The molecule has 10 heteroatoms. The van der Waals surface area contributed by atoms with Crippen LogP contribution in [0.25, 0.3) is 0 Å². The first-order chi connectivity index (χ1) is 12.3. The lowest BCUT2D eigenvalue weighted by Crippen LogP contribution is -2.51. The van der Waals surface area contributed by atoms with Gasteiger partial charge in [-0.3, -0.25) is 15.0 Å². The number of ether oxygens (including phenoxy) is 1. The summed E-state index contributed by atoms with van der Waals surface area (Å²) in [5.41, 5.74) is 1.04. The van der Waals surface area contributed by atoms with Crippen LogP contribution in [0.2, 0.25) is 0 Å². The molecule has 1 aliphatic heterocycles. The summed E-state index contributed by atoms with van der Waals surface area (Å²) in [7, 11) is 1.60. The van der Waals surface area contributed by atoms with Gasteiger partial charge in [-0.15, -0.1) is 0 Å². The Morgan fingerprint density at radius 2 is 1.73 bits per heavy atom. The van der Waals surface area contributed by atoms with E-state index >= 15 is 0 Å². The first-order valence-corrected chi connectivity index (χ1v) is 8.02. The molecule has 7 nitrogen and oxygen atoms in total. The van der Waals surface area contributed by atoms with Gasteiger partial charge in [-0.1, -0.05) is 0 Å². The number of methoxy groups -OCH3 is 1. The van der Waals surface area contributed by atoms with Crippen molar-refractivity contribution in [3.8, 4) is 5.75 Å². The Hall–Kier alpha value is -2.49. The van der Waals surface area contributed by atoms with Crippen LogP contribution < -0.4 is 20.3 Å².